The summed E-state index contributed by atoms with van der Waals surface area (Å²) in [5.74, 6) is -0.776. The highest BCUT2D eigenvalue weighted by Crippen LogP contribution is 2.26. The van der Waals surface area contributed by atoms with E-state index in [1.54, 1.807) is 0 Å². The SMILES string of the molecule is N#Cc1ccc(Oc2ccc([N+](=O)[O-])cc2F)cn1. The van der Waals surface area contributed by atoms with Crippen molar-refractivity contribution < 1.29 is 14.1 Å². The fourth-order valence-electron chi connectivity index (χ4n) is 1.32. The van der Waals surface area contributed by atoms with Gasteiger partial charge in [-0.25, -0.2) is 9.37 Å². The molecule has 0 bridgehead atoms. The molecule has 0 saturated heterocycles. The molecular formula is C12H6FN3O3. The Hall–Kier alpha value is -3.01. The van der Waals surface area contributed by atoms with Crippen LogP contribution in [0.25, 0.3) is 0 Å². The van der Waals surface area contributed by atoms with Gasteiger partial charge in [-0.2, -0.15) is 5.26 Å². The first kappa shape index (κ1) is 12.4. The number of hydrogen-bond donors (Lipinski definition) is 0. The summed E-state index contributed by atoms with van der Waals surface area (Å²) in [6.07, 6.45) is 1.26. The summed E-state index contributed by atoms with van der Waals surface area (Å²) in [5.41, 5.74) is -0.153. The van der Waals surface area contributed by atoms with Gasteiger partial charge in [0.25, 0.3) is 5.69 Å². The van der Waals surface area contributed by atoms with Crippen LogP contribution in [0.1, 0.15) is 5.69 Å². The molecule has 0 amide bonds. The second-order valence-corrected chi connectivity index (χ2v) is 3.46. The summed E-state index contributed by atoms with van der Waals surface area (Å²) in [5, 5.41) is 19.0. The second-order valence-electron chi connectivity index (χ2n) is 3.46. The molecule has 0 aliphatic rings. The van der Waals surface area contributed by atoms with E-state index < -0.39 is 10.7 Å². The Morgan fingerprint density at radius 2 is 2.16 bits per heavy atom. The van der Waals surface area contributed by atoms with Gasteiger partial charge in [0.1, 0.15) is 17.5 Å². The molecule has 7 heteroatoms. The smallest absolute Gasteiger partial charge is 0.272 e. The van der Waals surface area contributed by atoms with Crippen molar-refractivity contribution >= 4 is 5.69 Å². The summed E-state index contributed by atoms with van der Waals surface area (Å²) in [6.45, 7) is 0. The minimum Gasteiger partial charge on any atom is -0.453 e. The number of nitro benzene ring substituents is 1. The number of ether oxygens (including phenoxy) is 1. The molecule has 2 aromatic rings. The van der Waals surface area contributed by atoms with Gasteiger partial charge in [0.05, 0.1) is 17.2 Å². The topological polar surface area (TPSA) is 89.0 Å². The molecule has 19 heavy (non-hydrogen) atoms. The number of nitro groups is 1. The van der Waals surface area contributed by atoms with Crippen LogP contribution in [-0.4, -0.2) is 9.91 Å². The number of rotatable bonds is 3. The normalized spacial score (nSPS) is 9.68. The first-order valence-corrected chi connectivity index (χ1v) is 5.08. The number of pyridine rings is 1. The van der Waals surface area contributed by atoms with Crippen LogP contribution in [-0.2, 0) is 0 Å². The number of non-ortho nitro benzene ring substituents is 1. The lowest BCUT2D eigenvalue weighted by Crippen LogP contribution is -1.93. The van der Waals surface area contributed by atoms with Crippen LogP contribution in [0.3, 0.4) is 0 Å². The first-order chi connectivity index (χ1) is 9.10. The van der Waals surface area contributed by atoms with Crippen molar-refractivity contribution in [1.82, 2.24) is 4.98 Å². The Morgan fingerprint density at radius 1 is 1.37 bits per heavy atom. The van der Waals surface area contributed by atoms with Gasteiger partial charge >= 0.3 is 0 Å². The summed E-state index contributed by atoms with van der Waals surface area (Å²) < 4.78 is 18.7. The van der Waals surface area contributed by atoms with E-state index in [0.29, 0.717) is 0 Å². The van der Waals surface area contributed by atoms with Crippen LogP contribution in [0.4, 0.5) is 10.1 Å². The third-order valence-corrected chi connectivity index (χ3v) is 2.20. The van der Waals surface area contributed by atoms with Gasteiger partial charge in [0.2, 0.25) is 0 Å². The van der Waals surface area contributed by atoms with Crippen LogP contribution in [0, 0.1) is 27.3 Å². The molecule has 1 aromatic carbocycles. The molecule has 2 rings (SSSR count). The third-order valence-electron chi connectivity index (χ3n) is 2.20. The van der Waals surface area contributed by atoms with Crippen molar-refractivity contribution in [2.45, 2.75) is 0 Å². The zero-order chi connectivity index (χ0) is 13.8. The molecule has 0 radical (unpaired) electrons. The standard InChI is InChI=1S/C12H6FN3O3/c13-11-5-9(16(17)18)2-4-12(11)19-10-3-1-8(6-14)15-7-10/h1-5,7H. The van der Waals surface area contributed by atoms with Crippen LogP contribution >= 0.6 is 0 Å². The summed E-state index contributed by atoms with van der Waals surface area (Å²) in [6, 6.07) is 7.76. The minimum absolute atomic E-state index is 0.155. The lowest BCUT2D eigenvalue weighted by molar-refractivity contribution is -0.385. The van der Waals surface area contributed by atoms with E-state index in [2.05, 4.69) is 4.98 Å². The lowest BCUT2D eigenvalue weighted by Gasteiger charge is -2.05. The third kappa shape index (κ3) is 2.81. The molecule has 0 aliphatic carbocycles. The van der Waals surface area contributed by atoms with Gasteiger partial charge in [-0.1, -0.05) is 0 Å². The van der Waals surface area contributed by atoms with Gasteiger partial charge in [-0.15, -0.1) is 0 Å². The average Bonchev–Trinajstić information content (AvgIpc) is 2.41. The Kier molecular flexibility index (Phi) is 3.34. The highest BCUT2D eigenvalue weighted by Gasteiger charge is 2.12. The molecule has 6 nitrogen and oxygen atoms in total. The van der Waals surface area contributed by atoms with Gasteiger partial charge in [0, 0.05) is 6.07 Å². The van der Waals surface area contributed by atoms with Crippen molar-refractivity contribution in [3.63, 3.8) is 0 Å². The molecule has 1 heterocycles. The van der Waals surface area contributed by atoms with Crippen LogP contribution in [0.15, 0.2) is 36.5 Å². The van der Waals surface area contributed by atoms with E-state index in [4.69, 9.17) is 10.00 Å². The van der Waals surface area contributed by atoms with E-state index in [-0.39, 0.29) is 22.9 Å². The number of halogens is 1. The molecule has 0 fully saturated rings. The van der Waals surface area contributed by atoms with E-state index in [0.717, 1.165) is 18.2 Å². The number of hydrogen-bond acceptors (Lipinski definition) is 5. The zero-order valence-corrected chi connectivity index (χ0v) is 9.41. The Bertz CT molecular complexity index is 665. The van der Waals surface area contributed by atoms with Crippen molar-refractivity contribution in [3.8, 4) is 17.6 Å². The van der Waals surface area contributed by atoms with Crippen LogP contribution in [0.2, 0.25) is 0 Å². The van der Waals surface area contributed by atoms with Gasteiger partial charge in [0.15, 0.2) is 11.6 Å². The predicted molar refractivity (Wildman–Crippen MR) is 62.1 cm³/mol. The molecule has 0 atom stereocenters. The Morgan fingerprint density at radius 3 is 2.68 bits per heavy atom. The monoisotopic (exact) mass is 259 g/mol. The van der Waals surface area contributed by atoms with Crippen molar-refractivity contribution in [1.29, 1.82) is 5.26 Å². The second kappa shape index (κ2) is 5.10. The van der Waals surface area contributed by atoms with E-state index in [9.17, 15) is 14.5 Å². The maximum Gasteiger partial charge on any atom is 0.272 e. The van der Waals surface area contributed by atoms with E-state index >= 15 is 0 Å². The fourth-order valence-corrected chi connectivity index (χ4v) is 1.32. The predicted octanol–water partition coefficient (Wildman–Crippen LogP) is 2.79. The molecule has 0 aliphatic heterocycles. The summed E-state index contributed by atoms with van der Waals surface area (Å²) in [4.78, 5) is 13.5. The maximum absolute atomic E-state index is 13.5. The molecule has 0 unspecified atom stereocenters. The summed E-state index contributed by atoms with van der Waals surface area (Å²) in [7, 11) is 0. The Balaban J connectivity index is 2.23. The molecule has 1 aromatic heterocycles. The fraction of sp³-hybridized carbons (Fsp3) is 0. The first-order valence-electron chi connectivity index (χ1n) is 5.08. The Labute approximate surface area is 106 Å². The summed E-state index contributed by atoms with van der Waals surface area (Å²) >= 11 is 0. The maximum atomic E-state index is 13.5. The van der Waals surface area contributed by atoms with Gasteiger partial charge < -0.3 is 4.74 Å². The van der Waals surface area contributed by atoms with E-state index in [1.165, 1.54) is 18.3 Å². The molecule has 94 valence electrons. The minimum atomic E-state index is -0.849. The highest BCUT2D eigenvalue weighted by atomic mass is 19.1. The molecule has 0 saturated carbocycles. The molecule has 0 spiro atoms. The zero-order valence-electron chi connectivity index (χ0n) is 9.41. The van der Waals surface area contributed by atoms with Crippen molar-refractivity contribution in [2.24, 2.45) is 0 Å². The van der Waals surface area contributed by atoms with Crippen molar-refractivity contribution in [3.05, 3.63) is 58.2 Å². The lowest BCUT2D eigenvalue weighted by atomic mass is 10.3. The molecule has 0 N–H and O–H groups in total. The number of nitriles is 1. The molecular weight excluding hydrogens is 253 g/mol. The van der Waals surface area contributed by atoms with Gasteiger partial charge in [-0.05, 0) is 18.2 Å². The highest BCUT2D eigenvalue weighted by molar-refractivity contribution is 5.40. The van der Waals surface area contributed by atoms with Crippen molar-refractivity contribution in [2.75, 3.05) is 0 Å². The largest absolute Gasteiger partial charge is 0.453 e. The van der Waals surface area contributed by atoms with E-state index in [1.807, 2.05) is 6.07 Å². The van der Waals surface area contributed by atoms with Gasteiger partial charge in [-0.3, -0.25) is 10.1 Å². The van der Waals surface area contributed by atoms with Crippen LogP contribution in [0.5, 0.6) is 11.5 Å². The number of nitrogens with zero attached hydrogens (tertiary/aromatic N) is 3. The van der Waals surface area contributed by atoms with Crippen LogP contribution < -0.4 is 4.74 Å². The quantitative estimate of drug-likeness (QED) is 0.624. The average molecular weight is 259 g/mol. The number of aromatic nitrogens is 1. The number of benzene rings is 1.